The van der Waals surface area contributed by atoms with Crippen molar-refractivity contribution in [2.75, 3.05) is 5.32 Å². The third-order valence-corrected chi connectivity index (χ3v) is 3.44. The van der Waals surface area contributed by atoms with Gasteiger partial charge in [0.05, 0.1) is 5.56 Å². The van der Waals surface area contributed by atoms with Gasteiger partial charge in [0.15, 0.2) is 0 Å². The molecule has 3 rings (SSSR count). The fourth-order valence-corrected chi connectivity index (χ4v) is 2.36. The standard InChI is InChI=1S/C18H15NO2/c20-18(21)16-10-14-8-4-5-9-15(14)11-17(16)19-12-13-6-2-1-3-7-13/h1-11,19H,12H2,(H,20,21). The van der Waals surface area contributed by atoms with Crippen molar-refractivity contribution in [3.8, 4) is 0 Å². The Bertz CT molecular complexity index is 782. The first-order valence-corrected chi connectivity index (χ1v) is 6.78. The summed E-state index contributed by atoms with van der Waals surface area (Å²) < 4.78 is 0. The number of rotatable bonds is 4. The van der Waals surface area contributed by atoms with Crippen molar-refractivity contribution < 1.29 is 9.90 Å². The van der Waals surface area contributed by atoms with Crippen LogP contribution in [0.3, 0.4) is 0 Å². The summed E-state index contributed by atoms with van der Waals surface area (Å²) in [6, 6.07) is 21.3. The van der Waals surface area contributed by atoms with E-state index in [1.807, 2.05) is 60.7 Å². The minimum Gasteiger partial charge on any atom is -0.478 e. The summed E-state index contributed by atoms with van der Waals surface area (Å²) >= 11 is 0. The zero-order valence-electron chi connectivity index (χ0n) is 11.4. The zero-order chi connectivity index (χ0) is 14.7. The SMILES string of the molecule is O=C(O)c1cc2ccccc2cc1NCc1ccccc1. The molecule has 0 amide bonds. The van der Waals surface area contributed by atoms with E-state index in [4.69, 9.17) is 0 Å². The van der Waals surface area contributed by atoms with Crippen LogP contribution >= 0.6 is 0 Å². The molecule has 0 fully saturated rings. The summed E-state index contributed by atoms with van der Waals surface area (Å²) in [6.07, 6.45) is 0. The smallest absolute Gasteiger partial charge is 0.337 e. The van der Waals surface area contributed by atoms with Crippen LogP contribution in [0.1, 0.15) is 15.9 Å². The quantitative estimate of drug-likeness (QED) is 0.753. The van der Waals surface area contributed by atoms with Gasteiger partial charge in [0.25, 0.3) is 0 Å². The topological polar surface area (TPSA) is 49.3 Å². The number of carbonyl (C=O) groups is 1. The van der Waals surface area contributed by atoms with E-state index >= 15 is 0 Å². The lowest BCUT2D eigenvalue weighted by molar-refractivity contribution is 0.0698. The van der Waals surface area contributed by atoms with E-state index in [0.717, 1.165) is 16.3 Å². The molecule has 0 aliphatic heterocycles. The molecule has 0 aromatic heterocycles. The average molecular weight is 277 g/mol. The Morgan fingerprint density at radius 3 is 2.19 bits per heavy atom. The molecule has 0 aliphatic rings. The number of anilines is 1. The number of fused-ring (bicyclic) bond motifs is 1. The summed E-state index contributed by atoms with van der Waals surface area (Å²) in [7, 11) is 0. The van der Waals surface area contributed by atoms with E-state index < -0.39 is 5.97 Å². The molecule has 0 radical (unpaired) electrons. The van der Waals surface area contributed by atoms with Crippen LogP contribution in [0.2, 0.25) is 0 Å². The van der Waals surface area contributed by atoms with Crippen molar-refractivity contribution in [3.05, 3.63) is 77.9 Å². The lowest BCUT2D eigenvalue weighted by Gasteiger charge is -2.11. The molecule has 3 aromatic carbocycles. The Morgan fingerprint density at radius 1 is 0.905 bits per heavy atom. The Kier molecular flexibility index (Phi) is 3.56. The highest BCUT2D eigenvalue weighted by Crippen LogP contribution is 2.24. The molecule has 104 valence electrons. The predicted octanol–water partition coefficient (Wildman–Crippen LogP) is 4.15. The molecule has 3 aromatic rings. The van der Waals surface area contributed by atoms with Crippen molar-refractivity contribution >= 4 is 22.4 Å². The Hall–Kier alpha value is -2.81. The van der Waals surface area contributed by atoms with Gasteiger partial charge in [-0.3, -0.25) is 0 Å². The van der Waals surface area contributed by atoms with Gasteiger partial charge in [-0.05, 0) is 28.5 Å². The Morgan fingerprint density at radius 2 is 1.52 bits per heavy atom. The van der Waals surface area contributed by atoms with Gasteiger partial charge < -0.3 is 10.4 Å². The van der Waals surface area contributed by atoms with Crippen molar-refractivity contribution in [1.82, 2.24) is 0 Å². The van der Waals surface area contributed by atoms with Gasteiger partial charge in [-0.2, -0.15) is 0 Å². The second-order valence-electron chi connectivity index (χ2n) is 4.89. The molecular weight excluding hydrogens is 262 g/mol. The lowest BCUT2D eigenvalue weighted by Crippen LogP contribution is -2.06. The predicted molar refractivity (Wildman–Crippen MR) is 84.7 cm³/mol. The van der Waals surface area contributed by atoms with Crippen LogP contribution in [0, 0.1) is 0 Å². The molecule has 0 spiro atoms. The highest BCUT2D eigenvalue weighted by Gasteiger charge is 2.11. The second kappa shape index (κ2) is 5.67. The fourth-order valence-electron chi connectivity index (χ4n) is 2.36. The molecule has 0 atom stereocenters. The molecule has 0 heterocycles. The first-order chi connectivity index (χ1) is 10.2. The third-order valence-electron chi connectivity index (χ3n) is 3.44. The maximum atomic E-state index is 11.4. The van der Waals surface area contributed by atoms with E-state index in [0.29, 0.717) is 17.8 Å². The van der Waals surface area contributed by atoms with Crippen LogP contribution in [0.25, 0.3) is 10.8 Å². The van der Waals surface area contributed by atoms with Crippen LogP contribution in [0.15, 0.2) is 66.7 Å². The highest BCUT2D eigenvalue weighted by molar-refractivity contribution is 6.00. The maximum Gasteiger partial charge on any atom is 0.337 e. The number of aromatic carboxylic acids is 1. The normalized spacial score (nSPS) is 10.5. The summed E-state index contributed by atoms with van der Waals surface area (Å²) in [6.45, 7) is 0.597. The molecule has 0 bridgehead atoms. The van der Waals surface area contributed by atoms with Gasteiger partial charge in [-0.15, -0.1) is 0 Å². The minimum absolute atomic E-state index is 0.296. The molecule has 21 heavy (non-hydrogen) atoms. The monoisotopic (exact) mass is 277 g/mol. The number of benzene rings is 3. The van der Waals surface area contributed by atoms with Gasteiger partial charge in [0, 0.05) is 12.2 Å². The van der Waals surface area contributed by atoms with E-state index in [9.17, 15) is 9.90 Å². The lowest BCUT2D eigenvalue weighted by atomic mass is 10.0. The van der Waals surface area contributed by atoms with Crippen molar-refractivity contribution in [2.24, 2.45) is 0 Å². The molecule has 3 heteroatoms. The van der Waals surface area contributed by atoms with Crippen molar-refractivity contribution in [3.63, 3.8) is 0 Å². The summed E-state index contributed by atoms with van der Waals surface area (Å²) in [5.41, 5.74) is 2.05. The van der Waals surface area contributed by atoms with Crippen LogP contribution < -0.4 is 5.32 Å². The first kappa shape index (κ1) is 13.2. The third kappa shape index (κ3) is 2.87. The Labute approximate surface area is 122 Å². The Balaban J connectivity index is 1.96. The van der Waals surface area contributed by atoms with Gasteiger partial charge in [-0.1, -0.05) is 54.6 Å². The number of hydrogen-bond acceptors (Lipinski definition) is 2. The summed E-state index contributed by atoms with van der Waals surface area (Å²) in [5, 5.41) is 14.6. The molecule has 0 saturated heterocycles. The van der Waals surface area contributed by atoms with Gasteiger partial charge >= 0.3 is 5.97 Å². The van der Waals surface area contributed by atoms with Gasteiger partial charge in [0.2, 0.25) is 0 Å². The number of carboxylic acids is 1. The molecule has 0 aliphatic carbocycles. The largest absolute Gasteiger partial charge is 0.478 e. The maximum absolute atomic E-state index is 11.4. The van der Waals surface area contributed by atoms with E-state index in [1.54, 1.807) is 6.07 Å². The second-order valence-corrected chi connectivity index (χ2v) is 4.89. The van der Waals surface area contributed by atoms with E-state index in [2.05, 4.69) is 5.32 Å². The summed E-state index contributed by atoms with van der Waals surface area (Å²) in [4.78, 5) is 11.4. The molecule has 0 unspecified atom stereocenters. The zero-order valence-corrected chi connectivity index (χ0v) is 11.4. The van der Waals surface area contributed by atoms with Crippen LogP contribution in [0.4, 0.5) is 5.69 Å². The highest BCUT2D eigenvalue weighted by atomic mass is 16.4. The molecule has 3 nitrogen and oxygen atoms in total. The minimum atomic E-state index is -0.920. The number of carboxylic acid groups (broad SMARTS) is 1. The van der Waals surface area contributed by atoms with E-state index in [1.165, 1.54) is 0 Å². The molecular formula is C18H15NO2. The van der Waals surface area contributed by atoms with Gasteiger partial charge in [-0.25, -0.2) is 4.79 Å². The van der Waals surface area contributed by atoms with E-state index in [-0.39, 0.29) is 0 Å². The summed E-state index contributed by atoms with van der Waals surface area (Å²) in [5.74, 6) is -0.920. The van der Waals surface area contributed by atoms with Gasteiger partial charge in [0.1, 0.15) is 0 Å². The number of nitrogens with one attached hydrogen (secondary N) is 1. The van der Waals surface area contributed by atoms with Crippen molar-refractivity contribution in [2.45, 2.75) is 6.54 Å². The van der Waals surface area contributed by atoms with Crippen LogP contribution in [0.5, 0.6) is 0 Å². The fraction of sp³-hybridized carbons (Fsp3) is 0.0556. The van der Waals surface area contributed by atoms with Crippen LogP contribution in [-0.2, 0) is 6.54 Å². The number of hydrogen-bond donors (Lipinski definition) is 2. The van der Waals surface area contributed by atoms with Crippen molar-refractivity contribution in [1.29, 1.82) is 0 Å². The first-order valence-electron chi connectivity index (χ1n) is 6.78. The van der Waals surface area contributed by atoms with Crippen LogP contribution in [-0.4, -0.2) is 11.1 Å². The molecule has 0 saturated carbocycles. The average Bonchev–Trinajstić information content (AvgIpc) is 2.53. The molecule has 2 N–H and O–H groups in total.